The zero-order valence-corrected chi connectivity index (χ0v) is 16.0. The van der Waals surface area contributed by atoms with E-state index in [1.165, 1.54) is 0 Å². The summed E-state index contributed by atoms with van der Waals surface area (Å²) >= 11 is 0. The molecule has 3 aromatic rings. The first-order valence-corrected chi connectivity index (χ1v) is 9.15. The molecule has 0 aliphatic heterocycles. The van der Waals surface area contributed by atoms with Crippen LogP contribution in [0.3, 0.4) is 0 Å². The van der Waals surface area contributed by atoms with Crippen molar-refractivity contribution >= 4 is 0 Å². The van der Waals surface area contributed by atoms with E-state index in [0.29, 0.717) is 18.0 Å². The van der Waals surface area contributed by atoms with Crippen molar-refractivity contribution in [1.82, 2.24) is 14.9 Å². The highest BCUT2D eigenvalue weighted by Crippen LogP contribution is 2.46. The van der Waals surface area contributed by atoms with Gasteiger partial charge < -0.3 is 9.26 Å². The number of nitrogens with zero attached hydrogens (tertiary/aromatic N) is 4. The quantitative estimate of drug-likeness (QED) is 0.658. The second kappa shape index (κ2) is 6.58. The first-order valence-electron chi connectivity index (χ1n) is 9.15. The van der Waals surface area contributed by atoms with Crippen molar-refractivity contribution in [2.24, 2.45) is 0 Å². The topological polar surface area (TPSA) is 76.9 Å². The molecule has 0 radical (unpaired) electrons. The van der Waals surface area contributed by atoms with Crippen molar-refractivity contribution in [1.29, 1.82) is 5.26 Å². The fraction of sp³-hybridized carbons (Fsp3) is 0.381. The number of nitriles is 1. The second-order valence-electron chi connectivity index (χ2n) is 7.31. The highest BCUT2D eigenvalue weighted by Gasteiger charge is 2.32. The Hall–Kier alpha value is -3.07. The fourth-order valence-electron chi connectivity index (χ4n) is 3.38. The third kappa shape index (κ3) is 3.33. The van der Waals surface area contributed by atoms with E-state index in [4.69, 9.17) is 14.4 Å². The molecule has 0 N–H and O–H groups in total. The molecule has 0 amide bonds. The Morgan fingerprint density at radius 2 is 1.89 bits per heavy atom. The van der Waals surface area contributed by atoms with E-state index >= 15 is 0 Å². The van der Waals surface area contributed by atoms with Crippen molar-refractivity contribution in [2.75, 3.05) is 0 Å². The van der Waals surface area contributed by atoms with Crippen LogP contribution in [-0.4, -0.2) is 14.9 Å². The van der Waals surface area contributed by atoms with E-state index < -0.39 is 0 Å². The lowest BCUT2D eigenvalue weighted by Gasteiger charge is -2.10. The Morgan fingerprint density at radius 3 is 2.44 bits per heavy atom. The standard InChI is InChI=1S/C21H22N4O2/c1-12-7-18(8-13(2)19(12)10-22)26-21-15(4)25(23-20(21)16-5-6-16)11-17-9-14(3)27-24-17/h7-9,16H,5-6,11H2,1-4H3. The van der Waals surface area contributed by atoms with Gasteiger partial charge in [-0.05, 0) is 63.8 Å². The SMILES string of the molecule is Cc1cc(Cn2nc(C3CC3)c(Oc3cc(C)c(C#N)c(C)c3)c2C)no1. The molecule has 1 saturated carbocycles. The first-order chi connectivity index (χ1) is 13.0. The molecule has 6 heteroatoms. The smallest absolute Gasteiger partial charge is 0.171 e. The lowest BCUT2D eigenvalue weighted by molar-refractivity contribution is 0.387. The monoisotopic (exact) mass is 362 g/mol. The van der Waals surface area contributed by atoms with E-state index in [9.17, 15) is 5.26 Å². The maximum Gasteiger partial charge on any atom is 0.171 e. The van der Waals surface area contributed by atoms with Crippen molar-refractivity contribution in [3.05, 3.63) is 57.7 Å². The van der Waals surface area contributed by atoms with Crippen LogP contribution in [0.15, 0.2) is 22.7 Å². The van der Waals surface area contributed by atoms with Crippen LogP contribution in [0.25, 0.3) is 0 Å². The van der Waals surface area contributed by atoms with Crippen LogP contribution in [0.2, 0.25) is 0 Å². The van der Waals surface area contributed by atoms with Gasteiger partial charge in [0, 0.05) is 12.0 Å². The van der Waals surface area contributed by atoms with Crippen molar-refractivity contribution in [3.63, 3.8) is 0 Å². The van der Waals surface area contributed by atoms with Crippen LogP contribution in [0.1, 0.15) is 58.3 Å². The summed E-state index contributed by atoms with van der Waals surface area (Å²) in [5.74, 6) is 2.81. The summed E-state index contributed by atoms with van der Waals surface area (Å²) in [6.07, 6.45) is 2.28. The van der Waals surface area contributed by atoms with E-state index in [2.05, 4.69) is 11.2 Å². The van der Waals surface area contributed by atoms with Crippen LogP contribution in [0.4, 0.5) is 0 Å². The van der Waals surface area contributed by atoms with Gasteiger partial charge in [0.25, 0.3) is 0 Å². The van der Waals surface area contributed by atoms with Gasteiger partial charge in [-0.2, -0.15) is 10.4 Å². The second-order valence-corrected chi connectivity index (χ2v) is 7.31. The number of hydrogen-bond donors (Lipinski definition) is 0. The molecule has 4 rings (SSSR count). The summed E-state index contributed by atoms with van der Waals surface area (Å²) in [6, 6.07) is 8.01. The first kappa shape index (κ1) is 17.3. The van der Waals surface area contributed by atoms with Gasteiger partial charge >= 0.3 is 0 Å². The molecule has 2 aromatic heterocycles. The Labute approximate surface area is 158 Å². The van der Waals surface area contributed by atoms with Crippen LogP contribution < -0.4 is 4.74 Å². The molecule has 1 aliphatic carbocycles. The molecular weight excluding hydrogens is 340 g/mol. The van der Waals surface area contributed by atoms with Gasteiger partial charge in [0.05, 0.1) is 23.9 Å². The van der Waals surface area contributed by atoms with Gasteiger partial charge in [-0.25, -0.2) is 0 Å². The minimum Gasteiger partial charge on any atom is -0.453 e. The van der Waals surface area contributed by atoms with E-state index in [1.807, 2.05) is 50.6 Å². The summed E-state index contributed by atoms with van der Waals surface area (Å²) in [7, 11) is 0. The van der Waals surface area contributed by atoms with Gasteiger partial charge in [0.1, 0.15) is 22.9 Å². The molecule has 27 heavy (non-hydrogen) atoms. The Morgan fingerprint density at radius 1 is 1.19 bits per heavy atom. The highest BCUT2D eigenvalue weighted by molar-refractivity contribution is 5.50. The summed E-state index contributed by atoms with van der Waals surface area (Å²) in [4.78, 5) is 0. The molecule has 6 nitrogen and oxygen atoms in total. The number of hydrogen-bond acceptors (Lipinski definition) is 5. The average Bonchev–Trinajstić information content (AvgIpc) is 3.31. The van der Waals surface area contributed by atoms with Gasteiger partial charge in [-0.1, -0.05) is 5.16 Å². The Bertz CT molecular complexity index is 1030. The van der Waals surface area contributed by atoms with E-state index in [0.717, 1.165) is 58.3 Å². The highest BCUT2D eigenvalue weighted by atomic mass is 16.5. The lowest BCUT2D eigenvalue weighted by Crippen LogP contribution is -2.04. The molecule has 1 aliphatic rings. The number of aryl methyl sites for hydroxylation is 3. The predicted octanol–water partition coefficient (Wildman–Crippen LogP) is 4.69. The molecule has 0 saturated heterocycles. The normalized spacial score (nSPS) is 13.6. The van der Waals surface area contributed by atoms with Gasteiger partial charge in [-0.15, -0.1) is 0 Å². The molecule has 1 fully saturated rings. The molecule has 1 aromatic carbocycles. The molecule has 0 bridgehead atoms. The number of rotatable bonds is 5. The molecule has 2 heterocycles. The summed E-state index contributed by atoms with van der Waals surface area (Å²) in [6.45, 7) is 8.32. The third-order valence-electron chi connectivity index (χ3n) is 4.97. The molecular formula is C21H22N4O2. The number of ether oxygens (including phenoxy) is 1. The summed E-state index contributed by atoms with van der Waals surface area (Å²) in [5, 5.41) is 18.2. The summed E-state index contributed by atoms with van der Waals surface area (Å²) in [5.41, 5.74) is 5.37. The number of aromatic nitrogens is 3. The minimum atomic E-state index is 0.458. The largest absolute Gasteiger partial charge is 0.453 e. The maximum absolute atomic E-state index is 9.28. The zero-order chi connectivity index (χ0) is 19.1. The number of benzene rings is 1. The van der Waals surface area contributed by atoms with Crippen molar-refractivity contribution < 1.29 is 9.26 Å². The van der Waals surface area contributed by atoms with E-state index in [-0.39, 0.29) is 0 Å². The predicted molar refractivity (Wildman–Crippen MR) is 100.0 cm³/mol. The zero-order valence-electron chi connectivity index (χ0n) is 16.0. The van der Waals surface area contributed by atoms with Crippen molar-refractivity contribution in [2.45, 2.75) is 53.0 Å². The molecule has 0 atom stereocenters. The molecule has 138 valence electrons. The summed E-state index contributed by atoms with van der Waals surface area (Å²) < 4.78 is 13.4. The molecule has 0 spiro atoms. The fourth-order valence-corrected chi connectivity index (χ4v) is 3.38. The van der Waals surface area contributed by atoms with E-state index in [1.54, 1.807) is 0 Å². The van der Waals surface area contributed by atoms with Crippen LogP contribution in [-0.2, 0) is 6.54 Å². The Kier molecular flexibility index (Phi) is 4.23. The maximum atomic E-state index is 9.28. The lowest BCUT2D eigenvalue weighted by atomic mass is 10.0. The van der Waals surface area contributed by atoms with Crippen molar-refractivity contribution in [3.8, 4) is 17.6 Å². The van der Waals surface area contributed by atoms with Gasteiger partial charge in [0.2, 0.25) is 0 Å². The van der Waals surface area contributed by atoms with Crippen LogP contribution >= 0.6 is 0 Å². The van der Waals surface area contributed by atoms with Gasteiger partial charge in [0.15, 0.2) is 5.75 Å². The van der Waals surface area contributed by atoms with Crippen LogP contribution in [0, 0.1) is 39.0 Å². The third-order valence-corrected chi connectivity index (χ3v) is 4.97. The average molecular weight is 362 g/mol. The molecule has 0 unspecified atom stereocenters. The van der Waals surface area contributed by atoms with Crippen LogP contribution in [0.5, 0.6) is 11.5 Å². The van der Waals surface area contributed by atoms with Gasteiger partial charge in [-0.3, -0.25) is 4.68 Å². The Balaban J connectivity index is 1.69. The minimum absolute atomic E-state index is 0.458.